The second-order valence-electron chi connectivity index (χ2n) is 9.96. The third-order valence-electron chi connectivity index (χ3n) is 8.40. The molecule has 0 saturated heterocycles. The zero-order valence-electron chi connectivity index (χ0n) is 18.4. The smallest absolute Gasteiger partial charge is 0.268 e. The summed E-state index contributed by atoms with van der Waals surface area (Å²) in [6, 6.07) is 8.75. The first kappa shape index (κ1) is 20.0. The van der Waals surface area contributed by atoms with Crippen LogP contribution < -0.4 is 5.32 Å². The van der Waals surface area contributed by atoms with Crippen LogP contribution in [0.3, 0.4) is 0 Å². The number of unbranched alkanes of at least 4 members (excludes halogenated alkanes) is 1. The number of thiophene rings is 1. The van der Waals surface area contributed by atoms with Crippen molar-refractivity contribution < 1.29 is 4.79 Å². The molecule has 30 heavy (non-hydrogen) atoms. The maximum Gasteiger partial charge on any atom is 0.268 e. The quantitative estimate of drug-likeness (QED) is 0.630. The number of fused-ring (bicyclic) bond motifs is 3. The summed E-state index contributed by atoms with van der Waals surface area (Å²) in [6.45, 7) is 7.76. The van der Waals surface area contributed by atoms with E-state index in [-0.39, 0.29) is 22.9 Å². The van der Waals surface area contributed by atoms with Gasteiger partial charge in [0.25, 0.3) is 5.91 Å². The standard InChI is InChI=1S/C25H33N3OS/c1-4-5-14-28-21(19-16-30-22-9-7-6-8-18(19)22)15-20(27-28)23(29)26-25(3)17-10-12-24(25,2)13-11-17/h6-9,16-17,21H,4-5,10-15H2,1-3H3,(H,26,29)/t17-,21?,24+,25-/m0/s1. The number of hydrogen-bond donors (Lipinski definition) is 1. The van der Waals surface area contributed by atoms with Gasteiger partial charge in [0, 0.05) is 23.2 Å². The SMILES string of the molecule is CCCCN1N=C(C(=O)N[C@@]2(C)[C@H]3CC[C@]2(C)CC3)CC1c1csc2ccccc12. The third-order valence-corrected chi connectivity index (χ3v) is 9.38. The number of carbonyl (C=O) groups excluding carboxylic acids is 1. The van der Waals surface area contributed by atoms with Gasteiger partial charge < -0.3 is 5.32 Å². The van der Waals surface area contributed by atoms with Gasteiger partial charge in [0.1, 0.15) is 5.71 Å². The molecule has 1 aromatic carbocycles. The predicted octanol–water partition coefficient (Wildman–Crippen LogP) is 5.89. The summed E-state index contributed by atoms with van der Waals surface area (Å²) in [5, 5.41) is 14.1. The number of hydrogen-bond acceptors (Lipinski definition) is 4. The molecule has 5 heteroatoms. The van der Waals surface area contributed by atoms with E-state index in [2.05, 4.69) is 60.7 Å². The largest absolute Gasteiger partial charge is 0.345 e. The number of rotatable bonds is 6. The van der Waals surface area contributed by atoms with E-state index in [1.807, 2.05) is 0 Å². The first-order chi connectivity index (χ1) is 14.4. The van der Waals surface area contributed by atoms with E-state index in [1.54, 1.807) is 11.3 Å². The Hall–Kier alpha value is -1.88. The van der Waals surface area contributed by atoms with Crippen LogP contribution in [0.1, 0.15) is 77.3 Å². The molecule has 1 N–H and O–H groups in total. The molecule has 1 aromatic heterocycles. The lowest BCUT2D eigenvalue weighted by Gasteiger charge is -2.39. The number of hydrazone groups is 1. The Labute approximate surface area is 183 Å². The van der Waals surface area contributed by atoms with Crippen LogP contribution in [0.15, 0.2) is 34.7 Å². The van der Waals surface area contributed by atoms with Crippen molar-refractivity contribution in [1.29, 1.82) is 0 Å². The minimum Gasteiger partial charge on any atom is -0.345 e. The predicted molar refractivity (Wildman–Crippen MR) is 125 cm³/mol. The second kappa shape index (κ2) is 7.37. The van der Waals surface area contributed by atoms with E-state index in [0.29, 0.717) is 18.1 Å². The van der Waals surface area contributed by atoms with Crippen molar-refractivity contribution in [2.75, 3.05) is 6.54 Å². The third kappa shape index (κ3) is 3.00. The summed E-state index contributed by atoms with van der Waals surface area (Å²) in [5.41, 5.74) is 2.17. The average molecular weight is 424 g/mol. The fourth-order valence-corrected chi connectivity index (χ4v) is 7.16. The van der Waals surface area contributed by atoms with Crippen molar-refractivity contribution in [2.24, 2.45) is 16.4 Å². The van der Waals surface area contributed by atoms with Crippen molar-refractivity contribution >= 4 is 33.0 Å². The first-order valence-corrected chi connectivity index (χ1v) is 12.5. The molecule has 2 aliphatic carbocycles. The van der Waals surface area contributed by atoms with Crippen LogP contribution in [0.25, 0.3) is 10.1 Å². The summed E-state index contributed by atoms with van der Waals surface area (Å²) in [4.78, 5) is 13.4. The number of amides is 1. The summed E-state index contributed by atoms with van der Waals surface area (Å²) >= 11 is 1.79. The van der Waals surface area contributed by atoms with Gasteiger partial charge in [-0.05, 0) is 72.8 Å². The fraction of sp³-hybridized carbons (Fsp3) is 0.600. The lowest BCUT2D eigenvalue weighted by Crippen LogP contribution is -2.55. The van der Waals surface area contributed by atoms with E-state index in [4.69, 9.17) is 5.10 Å². The van der Waals surface area contributed by atoms with Crippen molar-refractivity contribution in [3.63, 3.8) is 0 Å². The number of nitrogens with zero attached hydrogens (tertiary/aromatic N) is 2. The van der Waals surface area contributed by atoms with Crippen LogP contribution >= 0.6 is 11.3 Å². The van der Waals surface area contributed by atoms with Crippen LogP contribution in [0.2, 0.25) is 0 Å². The van der Waals surface area contributed by atoms with Gasteiger partial charge in [-0.3, -0.25) is 9.80 Å². The monoisotopic (exact) mass is 423 g/mol. The highest BCUT2D eigenvalue weighted by atomic mass is 32.1. The number of carbonyl (C=O) groups is 1. The molecule has 2 fully saturated rings. The lowest BCUT2D eigenvalue weighted by molar-refractivity contribution is -0.117. The van der Waals surface area contributed by atoms with E-state index < -0.39 is 0 Å². The summed E-state index contributed by atoms with van der Waals surface area (Å²) in [7, 11) is 0. The Morgan fingerprint density at radius 1 is 1.27 bits per heavy atom. The molecule has 2 bridgehead atoms. The van der Waals surface area contributed by atoms with Crippen LogP contribution in [-0.2, 0) is 4.79 Å². The van der Waals surface area contributed by atoms with Crippen LogP contribution in [0.4, 0.5) is 0 Å². The molecule has 1 aliphatic heterocycles. The molecule has 160 valence electrons. The maximum atomic E-state index is 13.4. The molecular weight excluding hydrogens is 390 g/mol. The van der Waals surface area contributed by atoms with Crippen molar-refractivity contribution in [3.05, 3.63) is 35.2 Å². The molecule has 1 amide bonds. The Morgan fingerprint density at radius 3 is 2.73 bits per heavy atom. The second-order valence-corrected chi connectivity index (χ2v) is 10.9. The zero-order valence-corrected chi connectivity index (χ0v) is 19.2. The van der Waals surface area contributed by atoms with Crippen LogP contribution in [0.5, 0.6) is 0 Å². The molecule has 1 unspecified atom stereocenters. The summed E-state index contributed by atoms with van der Waals surface area (Å²) in [6.07, 6.45) is 7.86. The molecule has 2 saturated carbocycles. The van der Waals surface area contributed by atoms with Gasteiger partial charge in [-0.15, -0.1) is 11.3 Å². The Kier molecular flexibility index (Phi) is 4.92. The minimum atomic E-state index is -0.0893. The van der Waals surface area contributed by atoms with Gasteiger partial charge >= 0.3 is 0 Å². The van der Waals surface area contributed by atoms with Gasteiger partial charge in [-0.1, -0.05) is 38.5 Å². The molecule has 2 aromatic rings. The highest BCUT2D eigenvalue weighted by Gasteiger charge is 2.59. The van der Waals surface area contributed by atoms with Crippen molar-refractivity contribution in [1.82, 2.24) is 10.3 Å². The molecule has 4 nitrogen and oxygen atoms in total. The van der Waals surface area contributed by atoms with Gasteiger partial charge in [-0.25, -0.2) is 0 Å². The van der Waals surface area contributed by atoms with E-state index >= 15 is 0 Å². The Morgan fingerprint density at radius 2 is 2.03 bits per heavy atom. The molecule has 0 spiro atoms. The van der Waals surface area contributed by atoms with Gasteiger partial charge in [0.2, 0.25) is 0 Å². The van der Waals surface area contributed by atoms with E-state index in [1.165, 1.54) is 41.3 Å². The number of nitrogens with one attached hydrogen (secondary N) is 1. The minimum absolute atomic E-state index is 0.0565. The molecule has 5 rings (SSSR count). The highest BCUT2D eigenvalue weighted by Crippen LogP contribution is 2.60. The summed E-state index contributed by atoms with van der Waals surface area (Å²) < 4.78 is 1.31. The topological polar surface area (TPSA) is 44.7 Å². The normalized spacial score (nSPS) is 32.8. The van der Waals surface area contributed by atoms with Crippen LogP contribution in [0, 0.1) is 11.3 Å². The Balaban J connectivity index is 1.40. The first-order valence-electron chi connectivity index (χ1n) is 11.6. The van der Waals surface area contributed by atoms with Gasteiger partial charge in [0.05, 0.1) is 6.04 Å². The van der Waals surface area contributed by atoms with E-state index in [9.17, 15) is 4.79 Å². The molecular formula is C25H33N3OS. The molecule has 2 heterocycles. The van der Waals surface area contributed by atoms with Crippen molar-refractivity contribution in [2.45, 2.75) is 77.3 Å². The zero-order chi connectivity index (χ0) is 20.9. The highest BCUT2D eigenvalue weighted by molar-refractivity contribution is 7.17. The maximum absolute atomic E-state index is 13.4. The Bertz CT molecular complexity index is 987. The lowest BCUT2D eigenvalue weighted by atomic mass is 9.76. The average Bonchev–Trinajstić information content (AvgIpc) is 3.46. The molecule has 3 aliphatic rings. The fourth-order valence-electron chi connectivity index (χ4n) is 6.15. The van der Waals surface area contributed by atoms with Crippen molar-refractivity contribution in [3.8, 4) is 0 Å². The number of benzene rings is 1. The molecule has 0 radical (unpaired) electrons. The van der Waals surface area contributed by atoms with Gasteiger partial charge in [-0.2, -0.15) is 5.10 Å². The summed E-state index contributed by atoms with van der Waals surface area (Å²) in [5.74, 6) is 0.669. The van der Waals surface area contributed by atoms with Crippen LogP contribution in [-0.4, -0.2) is 28.7 Å². The van der Waals surface area contributed by atoms with E-state index in [0.717, 1.165) is 19.4 Å². The van der Waals surface area contributed by atoms with Gasteiger partial charge in [0.15, 0.2) is 0 Å². The molecule has 2 atom stereocenters.